The third-order valence-electron chi connectivity index (χ3n) is 5.66. The van der Waals surface area contributed by atoms with Crippen molar-refractivity contribution in [2.24, 2.45) is 0 Å². The van der Waals surface area contributed by atoms with Crippen molar-refractivity contribution in [3.8, 4) is 11.1 Å². The van der Waals surface area contributed by atoms with Crippen LogP contribution < -0.4 is 0 Å². The third-order valence-corrected chi connectivity index (χ3v) is 7.74. The van der Waals surface area contributed by atoms with Gasteiger partial charge >= 0.3 is 207 Å². The first-order valence-corrected chi connectivity index (χ1v) is 13.9. The second kappa shape index (κ2) is 11.1. The molecule has 8 heteroatoms. The molecule has 1 aliphatic rings. The Hall–Kier alpha value is -2.79. The molecule has 0 saturated carbocycles. The summed E-state index contributed by atoms with van der Waals surface area (Å²) in [7, 11) is 1.27. The first-order valence-electron chi connectivity index (χ1n) is 11.4. The molecule has 0 fully saturated rings. The van der Waals surface area contributed by atoms with Crippen molar-refractivity contribution in [1.82, 2.24) is 4.90 Å². The van der Waals surface area contributed by atoms with E-state index in [4.69, 9.17) is 9.47 Å². The molecule has 0 heterocycles. The Morgan fingerprint density at radius 1 is 1.00 bits per heavy atom. The number of fused-ring (bicyclic) bond motifs is 3. The molecule has 1 aliphatic carbocycles. The van der Waals surface area contributed by atoms with E-state index in [1.807, 2.05) is 69.3 Å². The molecule has 2 atom stereocenters. The Labute approximate surface area is 207 Å². The predicted molar refractivity (Wildman–Crippen MR) is 131 cm³/mol. The van der Waals surface area contributed by atoms with E-state index in [1.165, 1.54) is 12.0 Å². The Morgan fingerprint density at radius 2 is 1.56 bits per heavy atom. The molecule has 7 nitrogen and oxygen atoms in total. The Morgan fingerprint density at radius 3 is 2.06 bits per heavy atom. The first kappa shape index (κ1) is 25.8. The van der Waals surface area contributed by atoms with Gasteiger partial charge in [-0.25, -0.2) is 0 Å². The van der Waals surface area contributed by atoms with Crippen molar-refractivity contribution < 1.29 is 29.0 Å². The number of carbonyl (C=O) groups is 3. The average molecular weight is 529 g/mol. The Balaban J connectivity index is 1.78. The number of rotatable bonds is 9. The van der Waals surface area contributed by atoms with E-state index < -0.39 is 45.5 Å². The van der Waals surface area contributed by atoms with Crippen LogP contribution >= 0.6 is 0 Å². The molecule has 182 valence electrons. The van der Waals surface area contributed by atoms with Crippen LogP contribution in [0.5, 0.6) is 0 Å². The van der Waals surface area contributed by atoms with Crippen LogP contribution in [0.1, 0.15) is 57.2 Å². The molecule has 2 aromatic rings. The molecule has 0 aromatic heterocycles. The molecular formula is C26H32AsNO6. The molecule has 0 aliphatic heterocycles. The summed E-state index contributed by atoms with van der Waals surface area (Å²) in [6.45, 7) is 5.53. The van der Waals surface area contributed by atoms with Crippen LogP contribution in [0.2, 0.25) is 5.21 Å². The monoisotopic (exact) mass is 529 g/mol. The number of hydrogen-bond donors (Lipinski definition) is 1. The van der Waals surface area contributed by atoms with E-state index in [9.17, 15) is 19.5 Å². The molecule has 0 saturated heterocycles. The van der Waals surface area contributed by atoms with Gasteiger partial charge in [-0.15, -0.1) is 0 Å². The van der Waals surface area contributed by atoms with Gasteiger partial charge < -0.3 is 0 Å². The molecule has 2 aromatic carbocycles. The summed E-state index contributed by atoms with van der Waals surface area (Å²) in [5.41, 5.74) is 3.26. The fourth-order valence-electron chi connectivity index (χ4n) is 4.30. The van der Waals surface area contributed by atoms with Crippen LogP contribution in [0.25, 0.3) is 11.1 Å². The number of amides is 1. The summed E-state index contributed by atoms with van der Waals surface area (Å²) in [6.07, 6.45) is 0.875. The number of carboxylic acid groups (broad SMARTS) is 1. The van der Waals surface area contributed by atoms with Crippen LogP contribution in [-0.4, -0.2) is 61.3 Å². The Kier molecular flexibility index (Phi) is 8.42. The maximum absolute atomic E-state index is 13.0. The van der Waals surface area contributed by atoms with Crippen molar-refractivity contribution in [3.05, 3.63) is 59.7 Å². The number of hydrogen-bond acceptors (Lipinski definition) is 5. The average Bonchev–Trinajstić information content (AvgIpc) is 3.11. The zero-order valence-corrected chi connectivity index (χ0v) is 22.1. The van der Waals surface area contributed by atoms with Crippen LogP contribution in [-0.2, 0) is 14.3 Å². The minimum atomic E-state index is -1.07. The number of carboxylic acids is 1. The zero-order chi connectivity index (χ0) is 24.9. The van der Waals surface area contributed by atoms with Gasteiger partial charge in [0, 0.05) is 0 Å². The van der Waals surface area contributed by atoms with Gasteiger partial charge in [0.1, 0.15) is 0 Å². The van der Waals surface area contributed by atoms with Crippen LogP contribution in [0.3, 0.4) is 0 Å². The molecule has 1 N–H and O–H groups in total. The van der Waals surface area contributed by atoms with E-state index in [-0.39, 0.29) is 11.2 Å². The summed E-state index contributed by atoms with van der Waals surface area (Å²) in [6, 6.07) is 13.9. The van der Waals surface area contributed by atoms with Gasteiger partial charge in [0.05, 0.1) is 0 Å². The van der Waals surface area contributed by atoms with Crippen molar-refractivity contribution >= 4 is 32.6 Å². The topological polar surface area (TPSA) is 93.1 Å². The number of ether oxygens (including phenoxy) is 2. The molecule has 0 radical (unpaired) electrons. The molecular weight excluding hydrogens is 497 g/mol. The van der Waals surface area contributed by atoms with Gasteiger partial charge in [-0.2, -0.15) is 0 Å². The second-order valence-corrected chi connectivity index (χ2v) is 11.9. The van der Waals surface area contributed by atoms with Crippen molar-refractivity contribution in [3.63, 3.8) is 0 Å². The maximum atomic E-state index is 13.0. The van der Waals surface area contributed by atoms with Gasteiger partial charge in [0.25, 0.3) is 0 Å². The summed E-state index contributed by atoms with van der Waals surface area (Å²) < 4.78 is 10.3. The molecule has 1 unspecified atom stereocenters. The summed E-state index contributed by atoms with van der Waals surface area (Å²) in [5, 5.41) is 10.8. The quantitative estimate of drug-likeness (QED) is 0.353. The second-order valence-electron chi connectivity index (χ2n) is 9.23. The van der Waals surface area contributed by atoms with Gasteiger partial charge in [0.15, 0.2) is 0 Å². The van der Waals surface area contributed by atoms with Gasteiger partial charge in [0.2, 0.25) is 0 Å². The van der Waals surface area contributed by atoms with Crippen molar-refractivity contribution in [2.45, 2.75) is 62.9 Å². The number of benzene rings is 2. The molecule has 0 spiro atoms. The summed E-state index contributed by atoms with van der Waals surface area (Å²) in [5.74, 6) is -1.07. The van der Waals surface area contributed by atoms with E-state index >= 15 is 0 Å². The van der Waals surface area contributed by atoms with Crippen LogP contribution in [0, 0.1) is 0 Å². The molecule has 3 rings (SSSR count). The minimum absolute atomic E-state index is 0.141. The van der Waals surface area contributed by atoms with E-state index in [0.717, 1.165) is 22.3 Å². The van der Waals surface area contributed by atoms with Crippen LogP contribution in [0.4, 0.5) is 9.59 Å². The first-order chi connectivity index (χ1) is 16.1. The van der Waals surface area contributed by atoms with Gasteiger partial charge in [-0.1, -0.05) is 0 Å². The van der Waals surface area contributed by atoms with Crippen LogP contribution in [0.15, 0.2) is 48.5 Å². The number of aliphatic carboxylic acids is 1. The van der Waals surface area contributed by atoms with Crippen molar-refractivity contribution in [1.29, 1.82) is 0 Å². The van der Waals surface area contributed by atoms with Gasteiger partial charge in [-0.3, -0.25) is 0 Å². The number of nitrogens with zero attached hydrogens (tertiary/aromatic N) is 1. The molecule has 0 bridgehead atoms. The summed E-state index contributed by atoms with van der Waals surface area (Å²) in [4.78, 5) is 38.7. The number of unbranched alkanes of at least 4 members (excludes halogenated alkanes) is 1. The Bertz CT molecular complexity index is 1000. The van der Waals surface area contributed by atoms with Gasteiger partial charge in [-0.05, 0) is 0 Å². The number of carbonyl (C=O) groups excluding carboxylic acids is 2. The van der Waals surface area contributed by atoms with E-state index in [1.54, 1.807) is 0 Å². The van der Waals surface area contributed by atoms with Crippen molar-refractivity contribution in [2.75, 3.05) is 7.11 Å². The van der Waals surface area contributed by atoms with E-state index in [2.05, 4.69) is 0 Å². The third kappa shape index (κ3) is 6.01. The normalized spacial score (nSPS) is 13.9. The number of methoxy groups -OCH3 is 1. The zero-order valence-electron chi connectivity index (χ0n) is 20.0. The molecule has 1 amide bonds. The standard InChI is InChI=1S/C26H32AsNO6/c1-26(2,3)34-24(31)27-16-10-9-15-21(23(29)30)28(25(32)33-4)22-19-13-7-5-11-17(19)18-12-6-8-14-20(18)22/h5-8,11-14,21-22,27H,9-10,15-16H2,1-4H3,(H,29,30)/t21-/m0/s1. The summed E-state index contributed by atoms with van der Waals surface area (Å²) >= 11 is -0.921. The predicted octanol–water partition coefficient (Wildman–Crippen LogP) is 5.24. The van der Waals surface area contributed by atoms with E-state index in [0.29, 0.717) is 18.1 Å². The molecule has 34 heavy (non-hydrogen) atoms. The SMILES string of the molecule is COC(=O)N(C1c2ccccc2-c2ccccc21)[C@@H](CCCC[AsH]C(=O)OC(C)(C)C)C(=O)O. The fourth-order valence-corrected chi connectivity index (χ4v) is 6.41. The fraction of sp³-hybridized carbons (Fsp3) is 0.423.